The Hall–Kier alpha value is -1.85. The van der Waals surface area contributed by atoms with Crippen LogP contribution in [0, 0.1) is 0 Å². The van der Waals surface area contributed by atoms with Crippen molar-refractivity contribution in [3.8, 4) is 11.5 Å². The van der Waals surface area contributed by atoms with Crippen LogP contribution < -0.4 is 9.47 Å². The molecule has 1 rings (SSSR count). The molecule has 100 valence electrons. The molecule has 1 amide bonds. The van der Waals surface area contributed by atoms with Crippen LogP contribution in [0.25, 0.3) is 0 Å². The maximum Gasteiger partial charge on any atom is 0.315 e. The summed E-state index contributed by atoms with van der Waals surface area (Å²) in [5.74, 6) is -0.290. The molecule has 0 saturated carbocycles. The second-order valence-electron chi connectivity index (χ2n) is 3.65. The van der Waals surface area contributed by atoms with Gasteiger partial charge in [-0.15, -0.1) is 0 Å². The summed E-state index contributed by atoms with van der Waals surface area (Å²) in [5.41, 5.74) is 0.605. The molecule has 18 heavy (non-hydrogen) atoms. The molecule has 4 nitrogen and oxygen atoms in total. The van der Waals surface area contributed by atoms with E-state index in [9.17, 15) is 13.6 Å². The lowest BCUT2D eigenvalue weighted by Gasteiger charge is -2.19. The van der Waals surface area contributed by atoms with Gasteiger partial charge in [0.1, 0.15) is 0 Å². The third-order valence-corrected chi connectivity index (χ3v) is 2.45. The third-order valence-electron chi connectivity index (χ3n) is 2.45. The molecular weight excluding hydrogens is 244 g/mol. The van der Waals surface area contributed by atoms with E-state index in [1.807, 2.05) is 0 Å². The van der Waals surface area contributed by atoms with Gasteiger partial charge < -0.3 is 14.4 Å². The highest BCUT2D eigenvalue weighted by Gasteiger charge is 2.21. The normalized spacial score (nSPS) is 10.3. The van der Waals surface area contributed by atoms with Crippen molar-refractivity contribution in [2.75, 3.05) is 21.3 Å². The Balaban J connectivity index is 2.94. The van der Waals surface area contributed by atoms with E-state index in [4.69, 9.17) is 9.47 Å². The average molecular weight is 259 g/mol. The molecule has 0 spiro atoms. The number of carbonyl (C=O) groups excluding carboxylic acids is 1. The van der Waals surface area contributed by atoms with Crippen molar-refractivity contribution >= 4 is 5.91 Å². The van der Waals surface area contributed by atoms with Gasteiger partial charge in [0.2, 0.25) is 0 Å². The number of amides is 1. The van der Waals surface area contributed by atoms with Gasteiger partial charge in [0.05, 0.1) is 14.2 Å². The fraction of sp³-hybridized carbons (Fsp3) is 0.417. The van der Waals surface area contributed by atoms with Crippen molar-refractivity contribution in [2.24, 2.45) is 0 Å². The number of alkyl halides is 2. The molecule has 0 atom stereocenters. The first-order chi connectivity index (χ1) is 8.51. The number of para-hydroxylation sites is 1. The number of hydrogen-bond acceptors (Lipinski definition) is 3. The second kappa shape index (κ2) is 6.18. The molecule has 0 aliphatic heterocycles. The Kier molecular flexibility index (Phi) is 4.88. The Morgan fingerprint density at radius 3 is 2.50 bits per heavy atom. The van der Waals surface area contributed by atoms with Gasteiger partial charge >= 0.3 is 6.43 Å². The van der Waals surface area contributed by atoms with Gasteiger partial charge in [-0.1, -0.05) is 12.1 Å². The van der Waals surface area contributed by atoms with E-state index in [0.717, 1.165) is 4.90 Å². The third kappa shape index (κ3) is 3.09. The average Bonchev–Trinajstić information content (AvgIpc) is 2.37. The summed E-state index contributed by atoms with van der Waals surface area (Å²) >= 11 is 0. The van der Waals surface area contributed by atoms with E-state index >= 15 is 0 Å². The summed E-state index contributed by atoms with van der Waals surface area (Å²) in [4.78, 5) is 12.1. The highest BCUT2D eigenvalue weighted by Crippen LogP contribution is 2.31. The number of hydrogen-bond donors (Lipinski definition) is 0. The number of nitrogens with zero attached hydrogens (tertiary/aromatic N) is 1. The van der Waals surface area contributed by atoms with Gasteiger partial charge in [0.25, 0.3) is 5.91 Å². The summed E-state index contributed by atoms with van der Waals surface area (Å²) in [5, 5.41) is 0. The lowest BCUT2D eigenvalue weighted by molar-refractivity contribution is -0.141. The minimum atomic E-state index is -3.01. The van der Waals surface area contributed by atoms with Gasteiger partial charge in [-0.05, 0) is 6.07 Å². The molecule has 1 aromatic carbocycles. The quantitative estimate of drug-likeness (QED) is 0.811. The van der Waals surface area contributed by atoms with Crippen molar-refractivity contribution in [1.82, 2.24) is 4.90 Å². The highest BCUT2D eigenvalue weighted by molar-refractivity contribution is 5.79. The molecule has 6 heteroatoms. The molecule has 0 heterocycles. The fourth-order valence-electron chi connectivity index (χ4n) is 1.58. The minimum absolute atomic E-state index is 0.0313. The van der Waals surface area contributed by atoms with Crippen LogP contribution in [0.5, 0.6) is 11.5 Å². The molecule has 0 unspecified atom stereocenters. The lowest BCUT2D eigenvalue weighted by atomic mass is 10.1. The first-order valence-electron chi connectivity index (χ1n) is 5.24. The minimum Gasteiger partial charge on any atom is -0.493 e. The predicted molar refractivity (Wildman–Crippen MR) is 62.0 cm³/mol. The predicted octanol–water partition coefficient (Wildman–Crippen LogP) is 1.93. The Labute approximate surface area is 104 Å². The van der Waals surface area contributed by atoms with Crippen LogP contribution in [0.15, 0.2) is 18.2 Å². The van der Waals surface area contributed by atoms with Crippen LogP contribution in [-0.2, 0) is 11.3 Å². The smallest absolute Gasteiger partial charge is 0.315 e. The zero-order valence-corrected chi connectivity index (χ0v) is 10.4. The number of carbonyl (C=O) groups is 1. The van der Waals surface area contributed by atoms with Crippen LogP contribution in [0.4, 0.5) is 8.78 Å². The molecule has 0 fully saturated rings. The molecule has 0 N–H and O–H groups in total. The monoisotopic (exact) mass is 259 g/mol. The molecule has 1 aromatic rings. The number of rotatable bonds is 5. The van der Waals surface area contributed by atoms with Crippen LogP contribution in [-0.4, -0.2) is 38.5 Å². The fourth-order valence-corrected chi connectivity index (χ4v) is 1.58. The van der Waals surface area contributed by atoms with E-state index in [0.29, 0.717) is 17.1 Å². The number of methoxy groups -OCH3 is 2. The van der Waals surface area contributed by atoms with Crippen molar-refractivity contribution in [2.45, 2.75) is 13.0 Å². The van der Waals surface area contributed by atoms with E-state index in [1.165, 1.54) is 21.3 Å². The van der Waals surface area contributed by atoms with Gasteiger partial charge in [0.15, 0.2) is 11.5 Å². The van der Waals surface area contributed by atoms with Crippen LogP contribution in [0.2, 0.25) is 0 Å². The van der Waals surface area contributed by atoms with Crippen LogP contribution in [0.3, 0.4) is 0 Å². The molecule has 0 aliphatic rings. The number of benzene rings is 1. The SMILES string of the molecule is COc1cccc(CN(C)C(=O)C(F)F)c1OC. The molecule has 0 aliphatic carbocycles. The van der Waals surface area contributed by atoms with E-state index < -0.39 is 12.3 Å². The Bertz CT molecular complexity index is 424. The first kappa shape index (κ1) is 14.2. The van der Waals surface area contributed by atoms with E-state index in [2.05, 4.69) is 0 Å². The van der Waals surface area contributed by atoms with Crippen molar-refractivity contribution in [3.05, 3.63) is 23.8 Å². The standard InChI is InChI=1S/C12H15F2NO3/c1-15(12(16)11(13)14)7-8-5-4-6-9(17-2)10(8)18-3/h4-6,11H,7H2,1-3H3. The topological polar surface area (TPSA) is 38.8 Å². The number of ether oxygens (including phenoxy) is 2. The van der Waals surface area contributed by atoms with Gasteiger partial charge in [-0.2, -0.15) is 8.78 Å². The van der Waals surface area contributed by atoms with E-state index in [1.54, 1.807) is 18.2 Å². The second-order valence-corrected chi connectivity index (χ2v) is 3.65. The zero-order valence-electron chi connectivity index (χ0n) is 10.4. The van der Waals surface area contributed by atoms with Gasteiger partial charge in [0, 0.05) is 19.2 Å². The molecule has 0 radical (unpaired) electrons. The largest absolute Gasteiger partial charge is 0.493 e. The molecular formula is C12H15F2NO3. The van der Waals surface area contributed by atoms with Crippen LogP contribution in [0.1, 0.15) is 5.56 Å². The summed E-state index contributed by atoms with van der Waals surface area (Å²) in [7, 11) is 4.25. The summed E-state index contributed by atoms with van der Waals surface area (Å²) in [6.07, 6.45) is -3.01. The zero-order chi connectivity index (χ0) is 13.7. The maximum absolute atomic E-state index is 12.3. The first-order valence-corrected chi connectivity index (χ1v) is 5.24. The maximum atomic E-state index is 12.3. The van der Waals surface area contributed by atoms with Crippen molar-refractivity contribution < 1.29 is 23.0 Å². The summed E-state index contributed by atoms with van der Waals surface area (Å²) in [6.45, 7) is 0.0313. The van der Waals surface area contributed by atoms with E-state index in [-0.39, 0.29) is 6.54 Å². The Morgan fingerprint density at radius 2 is 2.00 bits per heavy atom. The van der Waals surface area contributed by atoms with Crippen molar-refractivity contribution in [1.29, 1.82) is 0 Å². The number of halogens is 2. The lowest BCUT2D eigenvalue weighted by Crippen LogP contribution is -2.31. The van der Waals surface area contributed by atoms with Gasteiger partial charge in [-0.25, -0.2) is 0 Å². The van der Waals surface area contributed by atoms with Crippen molar-refractivity contribution in [3.63, 3.8) is 0 Å². The highest BCUT2D eigenvalue weighted by atomic mass is 19.3. The Morgan fingerprint density at radius 1 is 1.33 bits per heavy atom. The summed E-state index contributed by atoms with van der Waals surface area (Å²) in [6, 6.07) is 5.09. The van der Waals surface area contributed by atoms with Gasteiger partial charge in [-0.3, -0.25) is 4.79 Å². The summed E-state index contributed by atoms with van der Waals surface area (Å²) < 4.78 is 34.8. The molecule has 0 saturated heterocycles. The van der Waals surface area contributed by atoms with Crippen LogP contribution >= 0.6 is 0 Å². The molecule has 0 bridgehead atoms. The molecule has 0 aromatic heterocycles.